The molecule has 1 aromatic carbocycles. The molecule has 2 N–H and O–H groups in total. The fourth-order valence-electron chi connectivity index (χ4n) is 2.23. The van der Waals surface area contributed by atoms with Crippen molar-refractivity contribution in [3.05, 3.63) is 41.5 Å². The van der Waals surface area contributed by atoms with Gasteiger partial charge in [-0.1, -0.05) is 36.0 Å². The quantitative estimate of drug-likeness (QED) is 0.621. The molecule has 2 aromatic rings. The highest BCUT2D eigenvalue weighted by atomic mass is 32.2. The van der Waals surface area contributed by atoms with Crippen LogP contribution in [0.2, 0.25) is 0 Å². The lowest BCUT2D eigenvalue weighted by Gasteiger charge is -2.18. The molecule has 0 amide bonds. The number of benzene rings is 1. The van der Waals surface area contributed by atoms with Gasteiger partial charge < -0.3 is 10.6 Å². The van der Waals surface area contributed by atoms with Crippen LogP contribution >= 0.6 is 11.8 Å². The van der Waals surface area contributed by atoms with E-state index in [9.17, 15) is 0 Å². The van der Waals surface area contributed by atoms with E-state index < -0.39 is 0 Å². The molecule has 1 unspecified atom stereocenters. The third-order valence-corrected chi connectivity index (χ3v) is 3.81. The van der Waals surface area contributed by atoms with Crippen LogP contribution in [0.1, 0.15) is 31.0 Å². The second-order valence-corrected chi connectivity index (χ2v) is 5.65. The van der Waals surface area contributed by atoms with Gasteiger partial charge in [-0.05, 0) is 38.2 Å². The molecular formula is C16H22N4S. The summed E-state index contributed by atoms with van der Waals surface area (Å²) in [7, 11) is 0. The molecule has 4 nitrogen and oxygen atoms in total. The van der Waals surface area contributed by atoms with Crippen molar-refractivity contribution in [2.45, 2.75) is 32.0 Å². The van der Waals surface area contributed by atoms with Crippen LogP contribution in [-0.4, -0.2) is 22.8 Å². The SMILES string of the molecule is CCNc1cc(NC(C)c2ccccc2C)nc(SC)n1. The number of anilines is 2. The van der Waals surface area contributed by atoms with E-state index in [1.54, 1.807) is 11.8 Å². The minimum absolute atomic E-state index is 0.199. The molecule has 2 rings (SSSR count). The molecule has 5 heteroatoms. The van der Waals surface area contributed by atoms with Gasteiger partial charge in [-0.3, -0.25) is 0 Å². The van der Waals surface area contributed by atoms with Gasteiger partial charge in [-0.15, -0.1) is 0 Å². The Morgan fingerprint density at radius 1 is 1.19 bits per heavy atom. The molecule has 0 aliphatic carbocycles. The standard InChI is InChI=1S/C16H22N4S/c1-5-17-14-10-15(20-16(19-14)21-4)18-12(3)13-9-7-6-8-11(13)2/h6-10,12H,5H2,1-4H3,(H2,17,18,19,20). The number of aryl methyl sites for hydroxylation is 1. The molecule has 0 radical (unpaired) electrons. The summed E-state index contributed by atoms with van der Waals surface area (Å²) in [5, 5.41) is 7.48. The Balaban J connectivity index is 2.22. The van der Waals surface area contributed by atoms with Gasteiger partial charge in [0.1, 0.15) is 11.6 Å². The van der Waals surface area contributed by atoms with Crippen molar-refractivity contribution >= 4 is 23.4 Å². The summed E-state index contributed by atoms with van der Waals surface area (Å²) in [4.78, 5) is 8.97. The van der Waals surface area contributed by atoms with Crippen LogP contribution in [0.4, 0.5) is 11.6 Å². The highest BCUT2D eigenvalue weighted by molar-refractivity contribution is 7.98. The normalized spacial score (nSPS) is 12.0. The maximum absolute atomic E-state index is 4.53. The predicted molar refractivity (Wildman–Crippen MR) is 91.2 cm³/mol. The van der Waals surface area contributed by atoms with Crippen LogP contribution in [0.15, 0.2) is 35.5 Å². The van der Waals surface area contributed by atoms with Gasteiger partial charge >= 0.3 is 0 Å². The van der Waals surface area contributed by atoms with E-state index in [1.165, 1.54) is 11.1 Å². The van der Waals surface area contributed by atoms with Crippen molar-refractivity contribution in [3.63, 3.8) is 0 Å². The summed E-state index contributed by atoms with van der Waals surface area (Å²) >= 11 is 1.55. The predicted octanol–water partition coefficient (Wildman–Crippen LogP) is 4.11. The highest BCUT2D eigenvalue weighted by Crippen LogP contribution is 2.23. The zero-order chi connectivity index (χ0) is 15.2. The molecule has 0 fully saturated rings. The maximum atomic E-state index is 4.53. The molecule has 0 bridgehead atoms. The molecular weight excluding hydrogens is 280 g/mol. The lowest BCUT2D eigenvalue weighted by atomic mass is 10.0. The first-order valence-corrected chi connectivity index (χ1v) is 8.35. The Morgan fingerprint density at radius 3 is 2.57 bits per heavy atom. The topological polar surface area (TPSA) is 49.8 Å². The zero-order valence-corrected chi connectivity index (χ0v) is 13.8. The fourth-order valence-corrected chi connectivity index (χ4v) is 2.61. The van der Waals surface area contributed by atoms with Gasteiger partial charge in [0.2, 0.25) is 0 Å². The van der Waals surface area contributed by atoms with Crippen LogP contribution in [0, 0.1) is 6.92 Å². The Bertz CT molecular complexity index is 601. The van der Waals surface area contributed by atoms with Crippen molar-refractivity contribution < 1.29 is 0 Å². The van der Waals surface area contributed by atoms with Crippen LogP contribution in [0.3, 0.4) is 0 Å². The van der Waals surface area contributed by atoms with E-state index in [0.717, 1.165) is 23.3 Å². The van der Waals surface area contributed by atoms with Gasteiger partial charge in [-0.2, -0.15) is 0 Å². The van der Waals surface area contributed by atoms with Gasteiger partial charge in [0, 0.05) is 12.6 Å². The number of thioether (sulfide) groups is 1. The first-order chi connectivity index (χ1) is 10.1. The minimum atomic E-state index is 0.199. The molecule has 1 atom stereocenters. The molecule has 21 heavy (non-hydrogen) atoms. The van der Waals surface area contributed by atoms with Gasteiger partial charge in [0.15, 0.2) is 5.16 Å². The number of hydrogen-bond donors (Lipinski definition) is 2. The Kier molecular flexibility index (Phi) is 5.44. The lowest BCUT2D eigenvalue weighted by molar-refractivity contribution is 0.848. The minimum Gasteiger partial charge on any atom is -0.370 e. The molecule has 0 saturated carbocycles. The van der Waals surface area contributed by atoms with E-state index in [2.05, 4.69) is 65.6 Å². The van der Waals surface area contributed by atoms with E-state index >= 15 is 0 Å². The van der Waals surface area contributed by atoms with E-state index in [-0.39, 0.29) is 6.04 Å². The molecule has 112 valence electrons. The van der Waals surface area contributed by atoms with Crippen molar-refractivity contribution in [3.8, 4) is 0 Å². The second-order valence-electron chi connectivity index (χ2n) is 4.88. The van der Waals surface area contributed by atoms with E-state index in [4.69, 9.17) is 0 Å². The largest absolute Gasteiger partial charge is 0.370 e. The van der Waals surface area contributed by atoms with Gasteiger partial charge in [-0.25, -0.2) is 9.97 Å². The lowest BCUT2D eigenvalue weighted by Crippen LogP contribution is -2.11. The summed E-state index contributed by atoms with van der Waals surface area (Å²) in [6.45, 7) is 7.18. The summed E-state index contributed by atoms with van der Waals surface area (Å²) in [6.07, 6.45) is 1.99. The smallest absolute Gasteiger partial charge is 0.191 e. The second kappa shape index (κ2) is 7.31. The van der Waals surface area contributed by atoms with Gasteiger partial charge in [0.05, 0.1) is 6.04 Å². The van der Waals surface area contributed by atoms with Crippen molar-refractivity contribution in [1.82, 2.24) is 9.97 Å². The fraction of sp³-hybridized carbons (Fsp3) is 0.375. The Labute approximate surface area is 130 Å². The summed E-state index contributed by atoms with van der Waals surface area (Å²) < 4.78 is 0. The Hall–Kier alpha value is -1.75. The van der Waals surface area contributed by atoms with Gasteiger partial charge in [0.25, 0.3) is 0 Å². The first kappa shape index (κ1) is 15.6. The van der Waals surface area contributed by atoms with Crippen LogP contribution in [0.5, 0.6) is 0 Å². The molecule has 0 saturated heterocycles. The molecule has 0 spiro atoms. The van der Waals surface area contributed by atoms with E-state index in [1.807, 2.05) is 12.3 Å². The number of aromatic nitrogens is 2. The zero-order valence-electron chi connectivity index (χ0n) is 13.0. The molecule has 1 heterocycles. The van der Waals surface area contributed by atoms with Crippen molar-refractivity contribution in [1.29, 1.82) is 0 Å². The molecule has 0 aliphatic heterocycles. The summed E-state index contributed by atoms with van der Waals surface area (Å²) in [6, 6.07) is 10.6. The summed E-state index contributed by atoms with van der Waals surface area (Å²) in [5.41, 5.74) is 2.57. The monoisotopic (exact) mass is 302 g/mol. The molecule has 1 aromatic heterocycles. The number of hydrogen-bond acceptors (Lipinski definition) is 5. The van der Waals surface area contributed by atoms with Crippen LogP contribution in [0.25, 0.3) is 0 Å². The third kappa shape index (κ3) is 4.11. The van der Waals surface area contributed by atoms with Crippen molar-refractivity contribution in [2.75, 3.05) is 23.4 Å². The van der Waals surface area contributed by atoms with E-state index in [0.29, 0.717) is 0 Å². The first-order valence-electron chi connectivity index (χ1n) is 7.13. The number of nitrogens with one attached hydrogen (secondary N) is 2. The summed E-state index contributed by atoms with van der Waals surface area (Å²) in [5.74, 6) is 1.71. The third-order valence-electron chi connectivity index (χ3n) is 3.27. The number of nitrogens with zero attached hydrogens (tertiary/aromatic N) is 2. The Morgan fingerprint density at radius 2 is 1.90 bits per heavy atom. The highest BCUT2D eigenvalue weighted by Gasteiger charge is 2.10. The molecule has 0 aliphatic rings. The van der Waals surface area contributed by atoms with Crippen LogP contribution in [-0.2, 0) is 0 Å². The average molecular weight is 302 g/mol. The number of rotatable bonds is 6. The van der Waals surface area contributed by atoms with Crippen LogP contribution < -0.4 is 10.6 Å². The maximum Gasteiger partial charge on any atom is 0.191 e. The average Bonchev–Trinajstić information content (AvgIpc) is 2.47. The van der Waals surface area contributed by atoms with Crippen molar-refractivity contribution in [2.24, 2.45) is 0 Å².